The predicted molar refractivity (Wildman–Crippen MR) is 83.8 cm³/mol. The highest BCUT2D eigenvalue weighted by molar-refractivity contribution is 5.92. The zero-order chi connectivity index (χ0) is 15.5. The first-order valence-electron chi connectivity index (χ1n) is 7.61. The second kappa shape index (κ2) is 6.13. The molecule has 1 atom stereocenters. The number of rotatable bonds is 3. The molecular weight excluding hydrogens is 278 g/mol. The summed E-state index contributed by atoms with van der Waals surface area (Å²) in [6, 6.07) is 6.34. The molecule has 1 aromatic carbocycles. The summed E-state index contributed by atoms with van der Waals surface area (Å²) in [5.41, 5.74) is 3.81. The third kappa shape index (κ3) is 3.08. The average Bonchev–Trinajstić information content (AvgIpc) is 2.55. The highest BCUT2D eigenvalue weighted by Gasteiger charge is 2.15. The fraction of sp³-hybridized carbons (Fsp3) is 0.353. The molecule has 2 N–H and O–H groups in total. The van der Waals surface area contributed by atoms with Gasteiger partial charge in [0.2, 0.25) is 0 Å². The van der Waals surface area contributed by atoms with Gasteiger partial charge in [0, 0.05) is 6.20 Å². The molecule has 114 valence electrons. The molecule has 1 amide bonds. The maximum absolute atomic E-state index is 12.1. The Hall–Kier alpha value is -2.43. The lowest BCUT2D eigenvalue weighted by atomic mass is 9.89. The Labute approximate surface area is 128 Å². The monoisotopic (exact) mass is 297 g/mol. The van der Waals surface area contributed by atoms with Gasteiger partial charge in [-0.15, -0.1) is 0 Å². The predicted octanol–water partition coefficient (Wildman–Crippen LogP) is 2.14. The van der Waals surface area contributed by atoms with E-state index in [1.54, 1.807) is 0 Å². The SMILES string of the molecule is CC(NC(=O)c1c[nH]c(=O)cn1)c1ccc2c(c1)CCCC2. The highest BCUT2D eigenvalue weighted by Crippen LogP contribution is 2.24. The fourth-order valence-corrected chi connectivity index (χ4v) is 2.84. The number of aromatic nitrogens is 2. The van der Waals surface area contributed by atoms with Gasteiger partial charge in [-0.1, -0.05) is 18.2 Å². The number of benzene rings is 1. The van der Waals surface area contributed by atoms with E-state index in [0.717, 1.165) is 24.6 Å². The largest absolute Gasteiger partial charge is 0.344 e. The number of amides is 1. The van der Waals surface area contributed by atoms with Crippen LogP contribution in [0.3, 0.4) is 0 Å². The molecule has 3 rings (SSSR count). The van der Waals surface area contributed by atoms with Crippen molar-refractivity contribution in [3.63, 3.8) is 0 Å². The second-order valence-electron chi connectivity index (χ2n) is 5.73. The van der Waals surface area contributed by atoms with Gasteiger partial charge in [0.1, 0.15) is 5.69 Å². The molecule has 0 aliphatic heterocycles. The van der Waals surface area contributed by atoms with Gasteiger partial charge in [0.05, 0.1) is 12.2 Å². The molecule has 1 aliphatic carbocycles. The van der Waals surface area contributed by atoms with Crippen LogP contribution >= 0.6 is 0 Å². The Balaban J connectivity index is 1.73. The van der Waals surface area contributed by atoms with Crippen LogP contribution in [0.4, 0.5) is 0 Å². The molecule has 5 heteroatoms. The molecule has 5 nitrogen and oxygen atoms in total. The lowest BCUT2D eigenvalue weighted by molar-refractivity contribution is 0.0934. The third-order valence-corrected chi connectivity index (χ3v) is 4.12. The second-order valence-corrected chi connectivity index (χ2v) is 5.73. The van der Waals surface area contributed by atoms with Crippen molar-refractivity contribution in [3.8, 4) is 0 Å². The van der Waals surface area contributed by atoms with E-state index in [1.165, 1.54) is 30.2 Å². The van der Waals surface area contributed by atoms with Crippen molar-refractivity contribution in [2.24, 2.45) is 0 Å². The molecule has 0 bridgehead atoms. The quantitative estimate of drug-likeness (QED) is 0.911. The number of aryl methyl sites for hydroxylation is 2. The van der Waals surface area contributed by atoms with Crippen molar-refractivity contribution in [2.45, 2.75) is 38.6 Å². The number of hydrogen-bond donors (Lipinski definition) is 2. The van der Waals surface area contributed by atoms with Crippen molar-refractivity contribution in [2.75, 3.05) is 0 Å². The zero-order valence-electron chi connectivity index (χ0n) is 12.6. The van der Waals surface area contributed by atoms with Crippen molar-refractivity contribution >= 4 is 5.91 Å². The molecule has 0 fully saturated rings. The van der Waals surface area contributed by atoms with E-state index in [9.17, 15) is 9.59 Å². The molecule has 0 saturated carbocycles. The van der Waals surface area contributed by atoms with E-state index in [-0.39, 0.29) is 23.2 Å². The van der Waals surface area contributed by atoms with Crippen LogP contribution in [0.2, 0.25) is 0 Å². The van der Waals surface area contributed by atoms with Crippen LogP contribution < -0.4 is 10.9 Å². The van der Waals surface area contributed by atoms with Gasteiger partial charge < -0.3 is 10.3 Å². The number of fused-ring (bicyclic) bond motifs is 1. The van der Waals surface area contributed by atoms with Crippen LogP contribution in [-0.4, -0.2) is 15.9 Å². The van der Waals surface area contributed by atoms with Gasteiger partial charge in [0.15, 0.2) is 0 Å². The topological polar surface area (TPSA) is 74.8 Å². The summed E-state index contributed by atoms with van der Waals surface area (Å²) in [6.07, 6.45) is 7.20. The van der Waals surface area contributed by atoms with Crippen molar-refractivity contribution < 1.29 is 4.79 Å². The highest BCUT2D eigenvalue weighted by atomic mass is 16.2. The van der Waals surface area contributed by atoms with Gasteiger partial charge in [-0.25, -0.2) is 4.98 Å². The Morgan fingerprint density at radius 2 is 2.05 bits per heavy atom. The molecule has 0 spiro atoms. The third-order valence-electron chi connectivity index (χ3n) is 4.12. The average molecular weight is 297 g/mol. The summed E-state index contributed by atoms with van der Waals surface area (Å²) in [4.78, 5) is 29.4. The van der Waals surface area contributed by atoms with Crippen LogP contribution in [0, 0.1) is 0 Å². The fourth-order valence-electron chi connectivity index (χ4n) is 2.84. The zero-order valence-corrected chi connectivity index (χ0v) is 12.6. The number of nitrogens with one attached hydrogen (secondary N) is 2. The summed E-state index contributed by atoms with van der Waals surface area (Å²) < 4.78 is 0. The number of carbonyl (C=O) groups excluding carboxylic acids is 1. The molecule has 1 aliphatic rings. The van der Waals surface area contributed by atoms with Gasteiger partial charge in [-0.3, -0.25) is 9.59 Å². The maximum Gasteiger partial charge on any atom is 0.271 e. The van der Waals surface area contributed by atoms with Crippen LogP contribution in [0.15, 0.2) is 35.4 Å². The molecule has 2 aromatic rings. The summed E-state index contributed by atoms with van der Waals surface area (Å²) in [7, 11) is 0. The molecule has 0 saturated heterocycles. The standard InChI is InChI=1S/C17H19N3O2/c1-11(20-17(22)15-9-19-16(21)10-18-15)13-7-6-12-4-2-3-5-14(12)8-13/h6-11H,2-5H2,1H3,(H,19,21)(H,20,22). The van der Waals surface area contributed by atoms with Gasteiger partial charge >= 0.3 is 0 Å². The van der Waals surface area contributed by atoms with E-state index < -0.39 is 0 Å². The first-order valence-corrected chi connectivity index (χ1v) is 7.61. The van der Waals surface area contributed by atoms with Gasteiger partial charge in [-0.05, 0) is 49.3 Å². The summed E-state index contributed by atoms with van der Waals surface area (Å²) in [6.45, 7) is 1.95. The summed E-state index contributed by atoms with van der Waals surface area (Å²) >= 11 is 0. The van der Waals surface area contributed by atoms with E-state index in [4.69, 9.17) is 0 Å². The van der Waals surface area contributed by atoms with Crippen molar-refractivity contribution in [1.82, 2.24) is 15.3 Å². The van der Waals surface area contributed by atoms with Crippen LogP contribution in [0.25, 0.3) is 0 Å². The van der Waals surface area contributed by atoms with Gasteiger partial charge in [0.25, 0.3) is 11.5 Å². The van der Waals surface area contributed by atoms with E-state index in [1.807, 2.05) is 6.92 Å². The van der Waals surface area contributed by atoms with E-state index >= 15 is 0 Å². The maximum atomic E-state index is 12.1. The van der Waals surface area contributed by atoms with Crippen LogP contribution in [0.1, 0.15) is 53.0 Å². The molecular formula is C17H19N3O2. The van der Waals surface area contributed by atoms with Crippen LogP contribution in [-0.2, 0) is 12.8 Å². The molecule has 22 heavy (non-hydrogen) atoms. The van der Waals surface area contributed by atoms with Crippen LogP contribution in [0.5, 0.6) is 0 Å². The number of hydrogen-bond acceptors (Lipinski definition) is 3. The minimum Gasteiger partial charge on any atom is -0.344 e. The van der Waals surface area contributed by atoms with E-state index in [2.05, 4.69) is 33.5 Å². The summed E-state index contributed by atoms with van der Waals surface area (Å²) in [5.74, 6) is -0.290. The smallest absolute Gasteiger partial charge is 0.271 e. The molecule has 1 aromatic heterocycles. The number of H-pyrrole nitrogens is 1. The van der Waals surface area contributed by atoms with Gasteiger partial charge in [-0.2, -0.15) is 0 Å². The Morgan fingerprint density at radius 1 is 1.27 bits per heavy atom. The minimum absolute atomic E-state index is 0.103. The Kier molecular flexibility index (Phi) is 4.04. The normalized spacial score (nSPS) is 15.0. The van der Waals surface area contributed by atoms with Crippen molar-refractivity contribution in [3.05, 3.63) is 63.3 Å². The first-order chi connectivity index (χ1) is 10.6. The lowest BCUT2D eigenvalue weighted by Crippen LogP contribution is -2.28. The number of aromatic amines is 1. The Morgan fingerprint density at radius 3 is 2.77 bits per heavy atom. The molecule has 1 heterocycles. The number of nitrogens with zero attached hydrogens (tertiary/aromatic N) is 1. The molecule has 1 unspecified atom stereocenters. The minimum atomic E-state index is -0.320. The summed E-state index contributed by atoms with van der Waals surface area (Å²) in [5, 5.41) is 2.92. The lowest BCUT2D eigenvalue weighted by Gasteiger charge is -2.20. The first kappa shape index (κ1) is 14.5. The van der Waals surface area contributed by atoms with Crippen molar-refractivity contribution in [1.29, 1.82) is 0 Å². The Bertz CT molecular complexity index is 731. The van der Waals surface area contributed by atoms with E-state index in [0.29, 0.717) is 0 Å². The number of carbonyl (C=O) groups is 1. The molecule has 0 radical (unpaired) electrons.